The lowest BCUT2D eigenvalue weighted by Gasteiger charge is -2.45. The van der Waals surface area contributed by atoms with Crippen LogP contribution in [0, 0.1) is 0 Å². The zero-order valence-corrected chi connectivity index (χ0v) is 12.9. The van der Waals surface area contributed by atoms with E-state index >= 15 is 0 Å². The molecule has 1 aliphatic heterocycles. The monoisotopic (exact) mass is 282 g/mol. The van der Waals surface area contributed by atoms with E-state index in [9.17, 15) is 0 Å². The molecule has 1 aromatic heterocycles. The fourth-order valence-electron chi connectivity index (χ4n) is 3.07. The molecule has 2 heterocycles. The summed E-state index contributed by atoms with van der Waals surface area (Å²) in [4.78, 5) is 4.01. The molecule has 2 rings (SSSR count). The molecule has 1 atom stereocenters. The summed E-state index contributed by atoms with van der Waals surface area (Å²) in [7, 11) is 0. The maximum Gasteiger partial charge on any atom is 0.0484 e. The average Bonchev–Trinajstić information content (AvgIpc) is 2.79. The maximum absolute atomic E-state index is 6.18. The van der Waals surface area contributed by atoms with E-state index in [2.05, 4.69) is 36.3 Å². The Hall–Kier alpha value is -0.420. The second kappa shape index (κ2) is 6.84. The van der Waals surface area contributed by atoms with Crippen LogP contribution in [0.3, 0.4) is 0 Å². The predicted octanol–water partition coefficient (Wildman–Crippen LogP) is 2.86. The highest BCUT2D eigenvalue weighted by Gasteiger charge is 2.37. The van der Waals surface area contributed by atoms with E-state index in [0.29, 0.717) is 6.04 Å². The third kappa shape index (κ3) is 3.57. The first kappa shape index (κ1) is 15.0. The molecule has 108 valence electrons. The van der Waals surface area contributed by atoms with Crippen LogP contribution in [-0.4, -0.2) is 36.2 Å². The molecule has 0 aliphatic carbocycles. The van der Waals surface area contributed by atoms with Gasteiger partial charge in [0.1, 0.15) is 0 Å². The summed E-state index contributed by atoms with van der Waals surface area (Å²) in [5.41, 5.74) is 6.29. The number of nitrogens with two attached hydrogens (primary N) is 1. The van der Waals surface area contributed by atoms with Gasteiger partial charge in [0, 0.05) is 42.8 Å². The molecule has 0 bridgehead atoms. The van der Waals surface area contributed by atoms with Gasteiger partial charge in [0.15, 0.2) is 0 Å². The molecule has 0 amide bonds. The van der Waals surface area contributed by atoms with Gasteiger partial charge in [0.2, 0.25) is 0 Å². The number of ether oxygens (including phenoxy) is 1. The molecule has 0 radical (unpaired) electrons. The quantitative estimate of drug-likeness (QED) is 0.902. The minimum absolute atomic E-state index is 0.106. The fourth-order valence-corrected chi connectivity index (χ4v) is 3.77. The Morgan fingerprint density at radius 3 is 2.89 bits per heavy atom. The van der Waals surface area contributed by atoms with Gasteiger partial charge in [-0.3, -0.25) is 4.90 Å². The molecule has 1 unspecified atom stereocenters. The summed E-state index contributed by atoms with van der Waals surface area (Å²) in [6, 6.07) is 4.85. The normalized spacial score (nSPS) is 24.9. The van der Waals surface area contributed by atoms with Crippen LogP contribution in [0.5, 0.6) is 0 Å². The van der Waals surface area contributed by atoms with E-state index in [1.165, 1.54) is 4.88 Å². The van der Waals surface area contributed by atoms with Crippen molar-refractivity contribution in [3.05, 3.63) is 22.4 Å². The Morgan fingerprint density at radius 1 is 1.42 bits per heavy atom. The van der Waals surface area contributed by atoms with Crippen molar-refractivity contribution in [3.63, 3.8) is 0 Å². The summed E-state index contributed by atoms with van der Waals surface area (Å²) in [5, 5.41) is 2.15. The number of rotatable bonds is 5. The fraction of sp³-hybridized carbons (Fsp3) is 0.733. The molecule has 19 heavy (non-hydrogen) atoms. The Labute approximate surface area is 120 Å². The number of hydrogen-bond acceptors (Lipinski definition) is 4. The zero-order valence-electron chi connectivity index (χ0n) is 12.1. The van der Waals surface area contributed by atoms with Gasteiger partial charge in [-0.15, -0.1) is 11.3 Å². The van der Waals surface area contributed by atoms with Gasteiger partial charge in [0.25, 0.3) is 0 Å². The molecule has 0 spiro atoms. The van der Waals surface area contributed by atoms with Gasteiger partial charge in [-0.25, -0.2) is 0 Å². The second-order valence-corrected chi connectivity index (χ2v) is 6.73. The minimum atomic E-state index is 0.106. The molecule has 1 aromatic rings. The van der Waals surface area contributed by atoms with Gasteiger partial charge in [-0.2, -0.15) is 0 Å². The van der Waals surface area contributed by atoms with Crippen LogP contribution in [0.15, 0.2) is 17.5 Å². The highest BCUT2D eigenvalue weighted by molar-refractivity contribution is 7.09. The van der Waals surface area contributed by atoms with Crippen LogP contribution in [0.1, 0.15) is 38.0 Å². The van der Waals surface area contributed by atoms with Crippen LogP contribution in [0.25, 0.3) is 0 Å². The van der Waals surface area contributed by atoms with Crippen molar-refractivity contribution in [1.82, 2.24) is 4.90 Å². The van der Waals surface area contributed by atoms with E-state index in [1.807, 2.05) is 11.3 Å². The van der Waals surface area contributed by atoms with Crippen molar-refractivity contribution in [2.24, 2.45) is 5.73 Å². The molecule has 0 saturated carbocycles. The summed E-state index contributed by atoms with van der Waals surface area (Å²) in [6.07, 6.45) is 3.31. The summed E-state index contributed by atoms with van der Waals surface area (Å²) >= 11 is 1.83. The average molecular weight is 282 g/mol. The maximum atomic E-state index is 6.18. The Balaban J connectivity index is 2.18. The van der Waals surface area contributed by atoms with Crippen LogP contribution >= 0.6 is 11.3 Å². The van der Waals surface area contributed by atoms with Crippen molar-refractivity contribution in [2.75, 3.05) is 19.8 Å². The molecule has 1 saturated heterocycles. The van der Waals surface area contributed by atoms with Crippen LogP contribution in [-0.2, 0) is 11.3 Å². The smallest absolute Gasteiger partial charge is 0.0484 e. The van der Waals surface area contributed by atoms with E-state index in [-0.39, 0.29) is 5.54 Å². The minimum Gasteiger partial charge on any atom is -0.381 e. The van der Waals surface area contributed by atoms with Crippen molar-refractivity contribution >= 4 is 11.3 Å². The summed E-state index contributed by atoms with van der Waals surface area (Å²) in [6.45, 7) is 8.00. The standard InChI is InChI=1S/C15H26N2OS/c1-13(2)17(11-14-5-3-10-19-14)15(12-16)6-4-8-18-9-7-15/h3,5,10,13H,4,6-9,11-12,16H2,1-2H3. The topological polar surface area (TPSA) is 38.5 Å². The molecule has 1 fully saturated rings. The lowest BCUT2D eigenvalue weighted by Crippen LogP contribution is -2.56. The molecule has 3 nitrogen and oxygen atoms in total. The molecular weight excluding hydrogens is 256 g/mol. The van der Waals surface area contributed by atoms with Crippen LogP contribution < -0.4 is 5.73 Å². The van der Waals surface area contributed by atoms with E-state index in [0.717, 1.165) is 45.6 Å². The first-order valence-electron chi connectivity index (χ1n) is 7.25. The van der Waals surface area contributed by atoms with Crippen molar-refractivity contribution in [3.8, 4) is 0 Å². The number of hydrogen-bond donors (Lipinski definition) is 1. The lowest BCUT2D eigenvalue weighted by atomic mass is 9.87. The highest BCUT2D eigenvalue weighted by atomic mass is 32.1. The first-order valence-corrected chi connectivity index (χ1v) is 8.13. The zero-order chi connectivity index (χ0) is 13.7. The van der Waals surface area contributed by atoms with E-state index < -0.39 is 0 Å². The molecular formula is C15H26N2OS. The molecule has 0 aromatic carbocycles. The highest BCUT2D eigenvalue weighted by Crippen LogP contribution is 2.31. The SMILES string of the molecule is CC(C)N(Cc1cccs1)C1(CN)CCCOCC1. The van der Waals surface area contributed by atoms with Crippen LogP contribution in [0.4, 0.5) is 0 Å². The Morgan fingerprint density at radius 2 is 2.26 bits per heavy atom. The van der Waals surface area contributed by atoms with Crippen LogP contribution in [0.2, 0.25) is 0 Å². The molecule has 1 aliphatic rings. The van der Waals surface area contributed by atoms with Gasteiger partial charge < -0.3 is 10.5 Å². The Bertz CT molecular complexity index is 356. The summed E-state index contributed by atoms with van der Waals surface area (Å²) < 4.78 is 5.64. The first-order chi connectivity index (χ1) is 9.18. The Kier molecular flexibility index (Phi) is 5.39. The van der Waals surface area contributed by atoms with Crippen molar-refractivity contribution in [1.29, 1.82) is 0 Å². The van der Waals surface area contributed by atoms with E-state index in [1.54, 1.807) is 0 Å². The van der Waals surface area contributed by atoms with Gasteiger partial charge >= 0.3 is 0 Å². The summed E-state index contributed by atoms with van der Waals surface area (Å²) in [5.74, 6) is 0. The lowest BCUT2D eigenvalue weighted by molar-refractivity contribution is 0.0345. The number of thiophene rings is 1. The molecule has 4 heteroatoms. The third-order valence-electron chi connectivity index (χ3n) is 4.16. The second-order valence-electron chi connectivity index (χ2n) is 5.70. The third-order valence-corrected chi connectivity index (χ3v) is 5.02. The largest absolute Gasteiger partial charge is 0.381 e. The van der Waals surface area contributed by atoms with Crippen molar-refractivity contribution in [2.45, 2.75) is 51.2 Å². The predicted molar refractivity (Wildman–Crippen MR) is 81.5 cm³/mol. The number of nitrogens with zero attached hydrogens (tertiary/aromatic N) is 1. The van der Waals surface area contributed by atoms with Gasteiger partial charge in [-0.1, -0.05) is 6.07 Å². The van der Waals surface area contributed by atoms with Gasteiger partial charge in [-0.05, 0) is 44.6 Å². The van der Waals surface area contributed by atoms with Crippen molar-refractivity contribution < 1.29 is 4.74 Å². The molecule has 2 N–H and O–H groups in total. The van der Waals surface area contributed by atoms with Gasteiger partial charge in [0.05, 0.1) is 0 Å². The van der Waals surface area contributed by atoms with E-state index in [4.69, 9.17) is 10.5 Å².